The lowest BCUT2D eigenvalue weighted by Gasteiger charge is -1.97. The van der Waals surface area contributed by atoms with Gasteiger partial charge >= 0.3 is 0 Å². The van der Waals surface area contributed by atoms with Crippen molar-refractivity contribution < 1.29 is 0 Å². The molecule has 72 valence electrons. The average Bonchev–Trinajstić information content (AvgIpc) is 2.51. The van der Waals surface area contributed by atoms with Crippen LogP contribution in [0.1, 0.15) is 10.6 Å². The second kappa shape index (κ2) is 3.94. The van der Waals surface area contributed by atoms with Gasteiger partial charge in [0.15, 0.2) is 4.47 Å². The molecule has 3 nitrogen and oxygen atoms in total. The highest BCUT2D eigenvalue weighted by Crippen LogP contribution is 2.20. The van der Waals surface area contributed by atoms with Crippen LogP contribution < -0.4 is 5.73 Å². The van der Waals surface area contributed by atoms with Crippen LogP contribution in [0.4, 0.5) is 5.82 Å². The summed E-state index contributed by atoms with van der Waals surface area (Å²) in [7, 11) is 0. The summed E-state index contributed by atoms with van der Waals surface area (Å²) in [6, 6.07) is 5.59. The Morgan fingerprint density at radius 2 is 2.29 bits per heavy atom. The Hall–Kier alpha value is -1.13. The van der Waals surface area contributed by atoms with Gasteiger partial charge in [-0.25, -0.2) is 9.97 Å². The van der Waals surface area contributed by atoms with Gasteiger partial charge < -0.3 is 5.73 Å². The number of hydrogen-bond donors (Lipinski definition) is 1. The summed E-state index contributed by atoms with van der Waals surface area (Å²) >= 11 is 7.18. The Morgan fingerprint density at radius 1 is 1.43 bits per heavy atom. The molecule has 0 aliphatic rings. The Balaban J connectivity index is 2.18. The standard InChI is InChI=1S/C9H8ClN3S/c10-9-12-5-7(14-9)4-6-2-1-3-8(11)13-6/h1-3,5H,4H2,(H2,11,13). The zero-order valence-electron chi connectivity index (χ0n) is 7.27. The molecule has 0 radical (unpaired) electrons. The number of aromatic nitrogens is 2. The van der Waals surface area contributed by atoms with Crippen LogP contribution in [0.3, 0.4) is 0 Å². The Labute approximate surface area is 90.6 Å². The molecule has 0 spiro atoms. The largest absolute Gasteiger partial charge is 0.384 e. The number of halogens is 1. The molecule has 0 unspecified atom stereocenters. The van der Waals surface area contributed by atoms with Gasteiger partial charge in [-0.2, -0.15) is 0 Å². The number of nitrogen functional groups attached to an aromatic ring is 1. The van der Waals surface area contributed by atoms with Gasteiger partial charge in [0.1, 0.15) is 5.82 Å². The lowest BCUT2D eigenvalue weighted by molar-refractivity contribution is 1.10. The molecule has 0 amide bonds. The van der Waals surface area contributed by atoms with Crippen LogP contribution in [0.5, 0.6) is 0 Å². The Bertz CT molecular complexity index is 441. The molecular weight excluding hydrogens is 218 g/mol. The molecule has 2 rings (SSSR count). The van der Waals surface area contributed by atoms with E-state index in [1.54, 1.807) is 12.3 Å². The summed E-state index contributed by atoms with van der Waals surface area (Å²) in [5.41, 5.74) is 6.50. The highest BCUT2D eigenvalue weighted by atomic mass is 35.5. The maximum Gasteiger partial charge on any atom is 0.183 e. The van der Waals surface area contributed by atoms with E-state index < -0.39 is 0 Å². The van der Waals surface area contributed by atoms with Crippen LogP contribution in [0.25, 0.3) is 0 Å². The van der Waals surface area contributed by atoms with Crippen molar-refractivity contribution in [1.29, 1.82) is 0 Å². The predicted molar refractivity (Wildman–Crippen MR) is 58.6 cm³/mol. The molecular formula is C9H8ClN3S. The van der Waals surface area contributed by atoms with Crippen LogP contribution in [0.15, 0.2) is 24.4 Å². The van der Waals surface area contributed by atoms with E-state index in [4.69, 9.17) is 17.3 Å². The molecule has 5 heteroatoms. The number of pyridine rings is 1. The number of rotatable bonds is 2. The molecule has 2 heterocycles. The van der Waals surface area contributed by atoms with Gasteiger partial charge in [0.25, 0.3) is 0 Å². The second-order valence-electron chi connectivity index (χ2n) is 2.81. The molecule has 0 aliphatic heterocycles. The normalized spacial score (nSPS) is 10.4. The number of hydrogen-bond acceptors (Lipinski definition) is 4. The van der Waals surface area contributed by atoms with E-state index in [9.17, 15) is 0 Å². The molecule has 0 bridgehead atoms. The Morgan fingerprint density at radius 3 is 2.93 bits per heavy atom. The minimum atomic E-state index is 0.540. The fraction of sp³-hybridized carbons (Fsp3) is 0.111. The molecule has 0 aromatic carbocycles. The van der Waals surface area contributed by atoms with Crippen molar-refractivity contribution in [1.82, 2.24) is 9.97 Å². The number of nitrogens with two attached hydrogens (primary N) is 1. The van der Waals surface area contributed by atoms with Gasteiger partial charge in [-0.1, -0.05) is 17.7 Å². The summed E-state index contributed by atoms with van der Waals surface area (Å²) < 4.78 is 0.559. The minimum absolute atomic E-state index is 0.540. The third-order valence-corrected chi connectivity index (χ3v) is 2.82. The quantitative estimate of drug-likeness (QED) is 0.854. The molecule has 2 aromatic rings. The zero-order chi connectivity index (χ0) is 9.97. The summed E-state index contributed by atoms with van der Waals surface area (Å²) in [5.74, 6) is 0.540. The third-order valence-electron chi connectivity index (χ3n) is 1.71. The maximum absolute atomic E-state index is 5.72. The first-order valence-corrected chi connectivity index (χ1v) is 5.25. The van der Waals surface area contributed by atoms with E-state index in [0.29, 0.717) is 10.3 Å². The van der Waals surface area contributed by atoms with Gasteiger partial charge in [0.2, 0.25) is 0 Å². The lowest BCUT2D eigenvalue weighted by Crippen LogP contribution is -1.94. The van der Waals surface area contributed by atoms with Crippen molar-refractivity contribution in [2.45, 2.75) is 6.42 Å². The van der Waals surface area contributed by atoms with E-state index in [2.05, 4.69) is 9.97 Å². The van der Waals surface area contributed by atoms with E-state index in [1.165, 1.54) is 11.3 Å². The van der Waals surface area contributed by atoms with E-state index in [1.807, 2.05) is 12.1 Å². The predicted octanol–water partition coefficient (Wildman–Crippen LogP) is 2.36. The van der Waals surface area contributed by atoms with Gasteiger partial charge in [-0.05, 0) is 12.1 Å². The molecule has 0 atom stereocenters. The first kappa shape index (κ1) is 9.43. The monoisotopic (exact) mass is 225 g/mol. The molecule has 0 saturated carbocycles. The van der Waals surface area contributed by atoms with Crippen LogP contribution in [0.2, 0.25) is 4.47 Å². The Kier molecular flexibility index (Phi) is 2.65. The summed E-state index contributed by atoms with van der Waals surface area (Å²) in [6.45, 7) is 0. The van der Waals surface area contributed by atoms with Crippen molar-refractivity contribution in [2.24, 2.45) is 0 Å². The topological polar surface area (TPSA) is 51.8 Å². The average molecular weight is 226 g/mol. The number of thiazole rings is 1. The first-order chi connectivity index (χ1) is 6.74. The van der Waals surface area contributed by atoms with Gasteiger partial charge in [-0.15, -0.1) is 11.3 Å². The van der Waals surface area contributed by atoms with Crippen LogP contribution in [0, 0.1) is 0 Å². The second-order valence-corrected chi connectivity index (χ2v) is 4.51. The molecule has 0 saturated heterocycles. The molecule has 0 fully saturated rings. The van der Waals surface area contributed by atoms with Crippen molar-refractivity contribution >= 4 is 28.8 Å². The van der Waals surface area contributed by atoms with Gasteiger partial charge in [-0.3, -0.25) is 0 Å². The summed E-state index contributed by atoms with van der Waals surface area (Å²) in [6.07, 6.45) is 2.49. The van der Waals surface area contributed by atoms with Gasteiger partial charge in [0.05, 0.1) is 0 Å². The fourth-order valence-electron chi connectivity index (χ4n) is 1.14. The van der Waals surface area contributed by atoms with Crippen LogP contribution in [-0.2, 0) is 6.42 Å². The number of anilines is 1. The van der Waals surface area contributed by atoms with Gasteiger partial charge in [0, 0.05) is 23.2 Å². The summed E-state index contributed by atoms with van der Waals surface area (Å²) in [5, 5.41) is 0. The third kappa shape index (κ3) is 2.21. The highest BCUT2D eigenvalue weighted by Gasteiger charge is 2.02. The number of nitrogens with zero attached hydrogens (tertiary/aromatic N) is 2. The van der Waals surface area contributed by atoms with E-state index >= 15 is 0 Å². The zero-order valence-corrected chi connectivity index (χ0v) is 8.85. The summed E-state index contributed by atoms with van der Waals surface area (Å²) in [4.78, 5) is 9.24. The first-order valence-electron chi connectivity index (χ1n) is 4.05. The van der Waals surface area contributed by atoms with E-state index in [-0.39, 0.29) is 0 Å². The van der Waals surface area contributed by atoms with E-state index in [0.717, 1.165) is 17.0 Å². The fourth-order valence-corrected chi connectivity index (χ4v) is 2.13. The van der Waals surface area contributed by atoms with Crippen molar-refractivity contribution in [3.8, 4) is 0 Å². The highest BCUT2D eigenvalue weighted by molar-refractivity contribution is 7.15. The smallest absolute Gasteiger partial charge is 0.183 e. The SMILES string of the molecule is Nc1cccc(Cc2cnc(Cl)s2)n1. The van der Waals surface area contributed by atoms with Crippen molar-refractivity contribution in [3.63, 3.8) is 0 Å². The maximum atomic E-state index is 5.72. The molecule has 2 N–H and O–H groups in total. The molecule has 0 aliphatic carbocycles. The molecule has 2 aromatic heterocycles. The lowest BCUT2D eigenvalue weighted by atomic mass is 10.2. The van der Waals surface area contributed by atoms with Crippen molar-refractivity contribution in [2.75, 3.05) is 5.73 Å². The van der Waals surface area contributed by atoms with Crippen molar-refractivity contribution in [3.05, 3.63) is 39.4 Å². The van der Waals surface area contributed by atoms with Crippen LogP contribution >= 0.6 is 22.9 Å². The molecule has 14 heavy (non-hydrogen) atoms. The van der Waals surface area contributed by atoms with Crippen LogP contribution in [-0.4, -0.2) is 9.97 Å². The minimum Gasteiger partial charge on any atom is -0.384 e.